The Balaban J connectivity index is 1.41. The summed E-state index contributed by atoms with van der Waals surface area (Å²) in [5, 5.41) is 5.39. The summed E-state index contributed by atoms with van der Waals surface area (Å²) in [6, 6.07) is 3.70. The fourth-order valence-electron chi connectivity index (χ4n) is 5.28. The van der Waals surface area contributed by atoms with Gasteiger partial charge in [-0.3, -0.25) is 9.59 Å². The summed E-state index contributed by atoms with van der Waals surface area (Å²) in [5.41, 5.74) is 0.754. The van der Waals surface area contributed by atoms with Crippen molar-refractivity contribution in [3.8, 4) is 11.5 Å². The van der Waals surface area contributed by atoms with Crippen LogP contribution in [0.5, 0.6) is 11.5 Å². The first-order valence-corrected chi connectivity index (χ1v) is 10.7. The molecule has 2 amide bonds. The van der Waals surface area contributed by atoms with Gasteiger partial charge in [0.2, 0.25) is 0 Å². The molecule has 1 aromatic carbocycles. The molecule has 2 bridgehead atoms. The zero-order chi connectivity index (χ0) is 19.6. The largest absolute Gasteiger partial charge is 0.493 e. The topological polar surface area (TPSA) is 68.2 Å². The van der Waals surface area contributed by atoms with E-state index in [0.29, 0.717) is 29.9 Å². The number of ether oxygens (including phenoxy) is 2. The number of hydrogen-bond acceptors (Lipinski definition) is 5. The van der Waals surface area contributed by atoms with E-state index in [-0.39, 0.29) is 35.5 Å². The maximum absolute atomic E-state index is 13.0. The molecule has 28 heavy (non-hydrogen) atoms. The van der Waals surface area contributed by atoms with E-state index in [1.165, 1.54) is 0 Å². The molecule has 1 aliphatic heterocycles. The molecule has 6 atom stereocenters. The highest BCUT2D eigenvalue weighted by Gasteiger charge is 2.67. The third-order valence-electron chi connectivity index (χ3n) is 6.50. The third-order valence-corrected chi connectivity index (χ3v) is 7.30. The van der Waals surface area contributed by atoms with Crippen molar-refractivity contribution in [1.82, 2.24) is 5.01 Å². The number of hydrazone groups is 1. The number of amides is 2. The standard InChI is InChI=1S/C21H21IN2O4/c1-3-28-19-15(22)6-10(7-16(19)27-2)9-23-24-20(25)17-11-4-5-12(14-8-13(11)14)18(17)21(24)26/h4-7,9,11-14,17-18H,3,8H2,1-2H3/b23-9-/t11-,12+,13-,14-,17+,18+/m1/s1. The molecule has 1 heterocycles. The van der Waals surface area contributed by atoms with Crippen LogP contribution in [0.3, 0.4) is 0 Å². The summed E-state index contributed by atoms with van der Waals surface area (Å²) >= 11 is 2.18. The molecule has 4 aliphatic carbocycles. The van der Waals surface area contributed by atoms with Crippen LogP contribution in [0, 0.1) is 39.1 Å². The highest BCUT2D eigenvalue weighted by Crippen LogP contribution is 2.65. The van der Waals surface area contributed by atoms with Gasteiger partial charge in [-0.2, -0.15) is 10.1 Å². The van der Waals surface area contributed by atoms with Crippen molar-refractivity contribution < 1.29 is 19.1 Å². The Morgan fingerprint density at radius 2 is 1.82 bits per heavy atom. The molecule has 3 fully saturated rings. The van der Waals surface area contributed by atoms with Gasteiger partial charge < -0.3 is 9.47 Å². The molecular formula is C21H21IN2O4. The lowest BCUT2D eigenvalue weighted by Gasteiger charge is -2.37. The van der Waals surface area contributed by atoms with Crippen molar-refractivity contribution in [1.29, 1.82) is 0 Å². The number of methoxy groups -OCH3 is 1. The zero-order valence-corrected chi connectivity index (χ0v) is 17.8. The summed E-state index contributed by atoms with van der Waals surface area (Å²) < 4.78 is 11.9. The lowest BCUT2D eigenvalue weighted by atomic mass is 9.63. The summed E-state index contributed by atoms with van der Waals surface area (Å²) in [6.45, 7) is 2.46. The van der Waals surface area contributed by atoms with Gasteiger partial charge in [-0.1, -0.05) is 12.2 Å². The zero-order valence-electron chi connectivity index (χ0n) is 15.7. The number of allylic oxidation sites excluding steroid dienone is 2. The van der Waals surface area contributed by atoms with E-state index in [1.54, 1.807) is 19.4 Å². The second kappa shape index (κ2) is 6.57. The minimum Gasteiger partial charge on any atom is -0.493 e. The Morgan fingerprint density at radius 1 is 1.18 bits per heavy atom. The summed E-state index contributed by atoms with van der Waals surface area (Å²) in [6.07, 6.45) is 7.04. The second-order valence-corrected chi connectivity index (χ2v) is 9.02. The number of halogens is 1. The van der Waals surface area contributed by atoms with Crippen LogP contribution in [-0.4, -0.2) is 36.8 Å². The first-order chi connectivity index (χ1) is 13.5. The van der Waals surface area contributed by atoms with Gasteiger partial charge in [0.05, 0.1) is 35.3 Å². The Bertz CT molecular complexity index is 891. The van der Waals surface area contributed by atoms with Crippen molar-refractivity contribution in [3.63, 3.8) is 0 Å². The van der Waals surface area contributed by atoms with Crippen molar-refractivity contribution in [3.05, 3.63) is 33.4 Å². The van der Waals surface area contributed by atoms with Gasteiger partial charge in [0.15, 0.2) is 11.5 Å². The van der Waals surface area contributed by atoms with Crippen LogP contribution in [0.1, 0.15) is 18.9 Å². The minimum atomic E-state index is -0.224. The monoisotopic (exact) mass is 492 g/mol. The Kier molecular flexibility index (Phi) is 4.26. The molecule has 6 nitrogen and oxygen atoms in total. The van der Waals surface area contributed by atoms with Crippen LogP contribution < -0.4 is 9.47 Å². The fourth-order valence-corrected chi connectivity index (χ4v) is 6.06. The number of nitrogens with zero attached hydrogens (tertiary/aromatic N) is 2. The van der Waals surface area contributed by atoms with Crippen molar-refractivity contribution in [2.75, 3.05) is 13.7 Å². The van der Waals surface area contributed by atoms with Crippen LogP contribution in [0.15, 0.2) is 29.4 Å². The molecule has 0 N–H and O–H groups in total. The normalized spacial score (nSPS) is 34.8. The van der Waals surface area contributed by atoms with Crippen molar-refractivity contribution in [2.24, 2.45) is 40.6 Å². The first kappa shape index (κ1) is 18.1. The van der Waals surface area contributed by atoms with E-state index in [1.807, 2.05) is 13.0 Å². The lowest BCUT2D eigenvalue weighted by molar-refractivity contribution is -0.140. The van der Waals surface area contributed by atoms with Crippen LogP contribution in [0.25, 0.3) is 0 Å². The molecular weight excluding hydrogens is 471 g/mol. The minimum absolute atomic E-state index is 0.149. The third kappa shape index (κ3) is 2.54. The van der Waals surface area contributed by atoms with Crippen LogP contribution in [0.2, 0.25) is 0 Å². The van der Waals surface area contributed by atoms with E-state index in [9.17, 15) is 9.59 Å². The number of benzene rings is 1. The van der Waals surface area contributed by atoms with Crippen LogP contribution in [-0.2, 0) is 9.59 Å². The molecule has 0 radical (unpaired) electrons. The van der Waals surface area contributed by atoms with Crippen LogP contribution in [0.4, 0.5) is 0 Å². The van der Waals surface area contributed by atoms with E-state index in [0.717, 1.165) is 20.6 Å². The molecule has 2 saturated carbocycles. The van der Waals surface area contributed by atoms with E-state index in [2.05, 4.69) is 39.8 Å². The van der Waals surface area contributed by atoms with Crippen LogP contribution >= 0.6 is 22.6 Å². The first-order valence-electron chi connectivity index (χ1n) is 9.65. The predicted octanol–water partition coefficient (Wildman–Crippen LogP) is 3.09. The lowest BCUT2D eigenvalue weighted by Crippen LogP contribution is -2.40. The molecule has 0 spiro atoms. The van der Waals surface area contributed by atoms with Gasteiger partial charge >= 0.3 is 0 Å². The van der Waals surface area contributed by atoms with E-state index >= 15 is 0 Å². The molecule has 1 saturated heterocycles. The molecule has 0 unspecified atom stereocenters. The number of rotatable bonds is 5. The molecule has 1 aromatic rings. The Labute approximate surface area is 177 Å². The van der Waals surface area contributed by atoms with E-state index in [4.69, 9.17) is 9.47 Å². The van der Waals surface area contributed by atoms with Gasteiger partial charge in [-0.15, -0.1) is 0 Å². The predicted molar refractivity (Wildman–Crippen MR) is 111 cm³/mol. The number of carbonyl (C=O) groups is 2. The fraction of sp³-hybridized carbons (Fsp3) is 0.476. The summed E-state index contributed by atoms with van der Waals surface area (Å²) in [5.74, 6) is 2.15. The number of carbonyl (C=O) groups excluding carboxylic acids is 2. The molecule has 6 rings (SSSR count). The smallest absolute Gasteiger partial charge is 0.254 e. The Hall–Kier alpha value is -1.90. The molecule has 0 aromatic heterocycles. The highest BCUT2D eigenvalue weighted by atomic mass is 127. The van der Waals surface area contributed by atoms with Crippen molar-refractivity contribution in [2.45, 2.75) is 13.3 Å². The molecule has 5 aliphatic rings. The highest BCUT2D eigenvalue weighted by molar-refractivity contribution is 14.1. The van der Waals surface area contributed by atoms with E-state index < -0.39 is 0 Å². The quantitative estimate of drug-likeness (QED) is 0.274. The summed E-state index contributed by atoms with van der Waals surface area (Å²) in [4.78, 5) is 25.9. The van der Waals surface area contributed by atoms with Gasteiger partial charge in [0.1, 0.15) is 0 Å². The average molecular weight is 492 g/mol. The number of imide groups is 1. The van der Waals surface area contributed by atoms with Gasteiger partial charge in [0.25, 0.3) is 11.8 Å². The van der Waals surface area contributed by atoms with Gasteiger partial charge in [0, 0.05) is 0 Å². The Morgan fingerprint density at radius 3 is 2.39 bits per heavy atom. The summed E-state index contributed by atoms with van der Waals surface area (Å²) in [7, 11) is 1.58. The maximum atomic E-state index is 13.0. The van der Waals surface area contributed by atoms with Gasteiger partial charge in [-0.05, 0) is 77.3 Å². The molecule has 7 heteroatoms. The average Bonchev–Trinajstić information content (AvgIpc) is 3.47. The maximum Gasteiger partial charge on any atom is 0.254 e. The molecule has 146 valence electrons. The second-order valence-electron chi connectivity index (χ2n) is 7.85. The van der Waals surface area contributed by atoms with Crippen molar-refractivity contribution >= 4 is 40.6 Å². The SMILES string of the molecule is CCOc1c(I)cc(/C=N\N2C(=O)[C@H]3[C@@H]4C=C[C@@H]([C@H]5C[C@H]45)[C@@H]3C2=O)cc1OC. The van der Waals surface area contributed by atoms with Gasteiger partial charge in [-0.25, -0.2) is 0 Å². The number of hydrogen-bond donors (Lipinski definition) is 0.